The minimum Gasteiger partial charge on any atom is -0.382 e. The van der Waals surface area contributed by atoms with Gasteiger partial charge in [-0.15, -0.1) is 0 Å². The molecule has 4 aromatic rings. The molecule has 0 aliphatic carbocycles. The molecule has 6 rings (SSSR count). The second-order valence-electron chi connectivity index (χ2n) is 9.63. The van der Waals surface area contributed by atoms with E-state index in [1.54, 1.807) is 6.20 Å². The molecule has 8 heteroatoms. The van der Waals surface area contributed by atoms with Gasteiger partial charge in [-0.25, -0.2) is 10.4 Å². The number of rotatable bonds is 5. The number of hydrazine groups is 1. The van der Waals surface area contributed by atoms with Crippen LogP contribution in [-0.2, 0) is 0 Å². The van der Waals surface area contributed by atoms with Gasteiger partial charge in [0.1, 0.15) is 5.65 Å². The van der Waals surface area contributed by atoms with Crippen LogP contribution in [0.4, 0.5) is 5.69 Å². The van der Waals surface area contributed by atoms with Crippen LogP contribution in [0.15, 0.2) is 61.3 Å². The first-order valence-electron chi connectivity index (χ1n) is 12.0. The molecule has 8 nitrogen and oxygen atoms in total. The van der Waals surface area contributed by atoms with Gasteiger partial charge in [0, 0.05) is 78.2 Å². The third kappa shape index (κ3) is 3.94. The highest BCUT2D eigenvalue weighted by Crippen LogP contribution is 2.40. The Labute approximate surface area is 199 Å². The van der Waals surface area contributed by atoms with E-state index in [1.807, 2.05) is 30.9 Å². The lowest BCUT2D eigenvalue weighted by Gasteiger charge is -2.34. The van der Waals surface area contributed by atoms with Gasteiger partial charge >= 0.3 is 0 Å². The normalized spacial score (nSPS) is 24.4. The van der Waals surface area contributed by atoms with Crippen LogP contribution in [0.1, 0.15) is 43.6 Å². The van der Waals surface area contributed by atoms with Crippen molar-refractivity contribution in [2.45, 2.75) is 44.4 Å². The van der Waals surface area contributed by atoms with E-state index in [1.165, 1.54) is 5.56 Å². The summed E-state index contributed by atoms with van der Waals surface area (Å²) >= 11 is 0. The number of nitrogens with zero attached hydrogens (tertiary/aromatic N) is 3. The van der Waals surface area contributed by atoms with Crippen molar-refractivity contribution in [2.75, 3.05) is 11.9 Å². The molecule has 2 aliphatic rings. The molecule has 2 fully saturated rings. The molecule has 5 N–H and O–H groups in total. The van der Waals surface area contributed by atoms with Crippen LogP contribution in [-0.4, -0.2) is 38.6 Å². The first kappa shape index (κ1) is 21.2. The van der Waals surface area contributed by atoms with Gasteiger partial charge < -0.3 is 15.6 Å². The Morgan fingerprint density at radius 2 is 1.97 bits per heavy atom. The number of hydrogen-bond donors (Lipinski definition) is 5. The molecule has 0 amide bonds. The molecule has 4 unspecified atom stereocenters. The lowest BCUT2D eigenvalue weighted by molar-refractivity contribution is 0.265. The summed E-state index contributed by atoms with van der Waals surface area (Å²) in [6.07, 6.45) is 10.5. The van der Waals surface area contributed by atoms with Crippen LogP contribution in [0.2, 0.25) is 0 Å². The molecule has 34 heavy (non-hydrogen) atoms. The van der Waals surface area contributed by atoms with Gasteiger partial charge in [-0.3, -0.25) is 15.4 Å². The van der Waals surface area contributed by atoms with Crippen LogP contribution in [0.25, 0.3) is 22.2 Å². The Balaban J connectivity index is 1.28. The summed E-state index contributed by atoms with van der Waals surface area (Å²) in [5, 5.41) is 8.31. The zero-order valence-electron chi connectivity index (χ0n) is 19.4. The molecule has 0 bridgehead atoms. The number of aromatic nitrogens is 4. The Morgan fingerprint density at radius 3 is 2.82 bits per heavy atom. The third-order valence-corrected chi connectivity index (χ3v) is 6.94. The second kappa shape index (κ2) is 8.79. The molecule has 4 aromatic heterocycles. The number of pyridine rings is 3. The van der Waals surface area contributed by atoms with E-state index >= 15 is 0 Å². The van der Waals surface area contributed by atoms with E-state index in [-0.39, 0.29) is 12.1 Å². The monoisotopic (exact) mass is 454 g/mol. The first-order chi connectivity index (χ1) is 16.7. The summed E-state index contributed by atoms with van der Waals surface area (Å²) in [6, 6.07) is 11.8. The molecule has 0 saturated carbocycles. The highest BCUT2D eigenvalue weighted by atomic mass is 15.4. The summed E-state index contributed by atoms with van der Waals surface area (Å²) < 4.78 is 0. The number of piperidine rings is 1. The molecule has 4 atom stereocenters. The highest BCUT2D eigenvalue weighted by Gasteiger charge is 2.42. The molecule has 0 aromatic carbocycles. The topological polar surface area (TPSA) is 103 Å². The molecular formula is C26H30N8. The summed E-state index contributed by atoms with van der Waals surface area (Å²) in [7, 11) is 0. The summed E-state index contributed by atoms with van der Waals surface area (Å²) in [5.74, 6) is 0.433. The van der Waals surface area contributed by atoms with Gasteiger partial charge in [0.05, 0.1) is 11.7 Å². The maximum Gasteiger partial charge on any atom is 0.138 e. The molecule has 6 heterocycles. The Hall–Kier alpha value is -3.33. The van der Waals surface area contributed by atoms with E-state index in [2.05, 4.69) is 79.5 Å². The van der Waals surface area contributed by atoms with Gasteiger partial charge in [0.15, 0.2) is 0 Å². The van der Waals surface area contributed by atoms with Crippen molar-refractivity contribution in [3.05, 3.63) is 72.6 Å². The fourth-order valence-corrected chi connectivity index (χ4v) is 5.38. The zero-order chi connectivity index (χ0) is 23.1. The molecular weight excluding hydrogens is 424 g/mol. The number of hydrogen-bond acceptors (Lipinski definition) is 7. The molecule has 2 saturated heterocycles. The zero-order valence-corrected chi connectivity index (χ0v) is 19.4. The van der Waals surface area contributed by atoms with Crippen molar-refractivity contribution in [1.82, 2.24) is 36.1 Å². The number of fused-ring (bicyclic) bond motifs is 2. The Kier molecular flexibility index (Phi) is 5.49. The lowest BCUT2D eigenvalue weighted by Crippen LogP contribution is -2.46. The van der Waals surface area contributed by atoms with Crippen LogP contribution in [0, 0.1) is 5.92 Å². The molecule has 0 radical (unpaired) electrons. The van der Waals surface area contributed by atoms with Crippen LogP contribution in [0.5, 0.6) is 0 Å². The van der Waals surface area contributed by atoms with Crippen molar-refractivity contribution in [3.8, 4) is 11.1 Å². The predicted molar refractivity (Wildman–Crippen MR) is 134 cm³/mol. The van der Waals surface area contributed by atoms with Crippen molar-refractivity contribution in [3.63, 3.8) is 0 Å². The van der Waals surface area contributed by atoms with E-state index < -0.39 is 0 Å². The van der Waals surface area contributed by atoms with Crippen LogP contribution < -0.4 is 21.5 Å². The van der Waals surface area contributed by atoms with Crippen molar-refractivity contribution in [2.24, 2.45) is 5.92 Å². The lowest BCUT2D eigenvalue weighted by atomic mass is 9.81. The SMILES string of the molecule is CC(C)Nc1cncc(C2CC3C(CN2)NNC3c2cc3c(-c4cccnc4)ccnc3[nH]2)c1. The van der Waals surface area contributed by atoms with Gasteiger partial charge in [-0.05, 0) is 55.7 Å². The average molecular weight is 455 g/mol. The second-order valence-corrected chi connectivity index (χ2v) is 9.63. The summed E-state index contributed by atoms with van der Waals surface area (Å²) in [6.45, 7) is 5.19. The number of nitrogens with one attached hydrogen (secondary N) is 5. The molecule has 174 valence electrons. The fraction of sp³-hybridized carbons (Fsp3) is 0.346. The van der Waals surface area contributed by atoms with Gasteiger partial charge in [-0.1, -0.05) is 6.07 Å². The van der Waals surface area contributed by atoms with Crippen LogP contribution >= 0.6 is 0 Å². The van der Waals surface area contributed by atoms with E-state index in [0.29, 0.717) is 18.0 Å². The van der Waals surface area contributed by atoms with Crippen molar-refractivity contribution >= 4 is 16.7 Å². The highest BCUT2D eigenvalue weighted by molar-refractivity contribution is 5.93. The first-order valence-corrected chi connectivity index (χ1v) is 12.0. The number of anilines is 1. The maximum atomic E-state index is 4.61. The summed E-state index contributed by atoms with van der Waals surface area (Å²) in [4.78, 5) is 17.0. The van der Waals surface area contributed by atoms with Gasteiger partial charge in [0.2, 0.25) is 0 Å². The fourth-order valence-electron chi connectivity index (χ4n) is 5.38. The predicted octanol–water partition coefficient (Wildman–Crippen LogP) is 3.71. The van der Waals surface area contributed by atoms with E-state index in [4.69, 9.17) is 0 Å². The largest absolute Gasteiger partial charge is 0.382 e. The van der Waals surface area contributed by atoms with Gasteiger partial charge in [-0.2, -0.15) is 0 Å². The number of H-pyrrole nitrogens is 1. The Morgan fingerprint density at radius 1 is 1.03 bits per heavy atom. The smallest absolute Gasteiger partial charge is 0.138 e. The third-order valence-electron chi connectivity index (χ3n) is 6.94. The minimum absolute atomic E-state index is 0.176. The standard InChI is InChI=1S/C26H30N8/c1-15(2)31-18-8-17(12-28-13-18)22-10-21-24(14-30-22)33-34-25(21)23-9-20-19(5-7-29-26(20)32-23)16-4-3-6-27-11-16/h3-9,11-13,15,21-22,24-25,30-31,33-34H,10,14H2,1-2H3,(H,29,32). The molecule has 2 aliphatic heterocycles. The summed E-state index contributed by atoms with van der Waals surface area (Å²) in [5.41, 5.74) is 13.7. The van der Waals surface area contributed by atoms with Crippen molar-refractivity contribution < 1.29 is 0 Å². The van der Waals surface area contributed by atoms with Crippen LogP contribution in [0.3, 0.4) is 0 Å². The average Bonchev–Trinajstić information content (AvgIpc) is 3.48. The van der Waals surface area contributed by atoms with Crippen molar-refractivity contribution in [1.29, 1.82) is 0 Å². The molecule has 0 spiro atoms. The minimum atomic E-state index is 0.176. The maximum absolute atomic E-state index is 4.61. The van der Waals surface area contributed by atoms with E-state index in [0.717, 1.165) is 46.5 Å². The number of aromatic amines is 1. The Bertz CT molecular complexity index is 1280. The quantitative estimate of drug-likeness (QED) is 0.313. The van der Waals surface area contributed by atoms with Gasteiger partial charge in [0.25, 0.3) is 0 Å². The van der Waals surface area contributed by atoms with E-state index in [9.17, 15) is 0 Å².